The van der Waals surface area contributed by atoms with Gasteiger partial charge in [-0.05, 0) is 49.2 Å². The van der Waals surface area contributed by atoms with Crippen molar-refractivity contribution in [2.45, 2.75) is 25.1 Å². The number of carbonyl (C=O) groups is 1. The maximum atomic E-state index is 12.5. The number of amides is 1. The molecule has 1 aliphatic rings. The summed E-state index contributed by atoms with van der Waals surface area (Å²) in [5, 5.41) is 13.3. The predicted molar refractivity (Wildman–Crippen MR) is 88.9 cm³/mol. The Morgan fingerprint density at radius 1 is 1.15 bits per heavy atom. The summed E-state index contributed by atoms with van der Waals surface area (Å²) in [4.78, 5) is 12.1. The molecule has 1 aromatic carbocycles. The zero-order valence-electron chi connectivity index (χ0n) is 13.7. The van der Waals surface area contributed by atoms with Crippen LogP contribution >= 0.6 is 0 Å². The monoisotopic (exact) mass is 366 g/mol. The van der Waals surface area contributed by atoms with Gasteiger partial charge in [0, 0.05) is 18.8 Å². The first-order chi connectivity index (χ1) is 12.4. The van der Waals surface area contributed by atoms with Crippen molar-refractivity contribution in [3.8, 4) is 0 Å². The van der Waals surface area contributed by atoms with Gasteiger partial charge in [0.2, 0.25) is 0 Å². The molecule has 0 saturated carbocycles. The van der Waals surface area contributed by atoms with Gasteiger partial charge in [-0.1, -0.05) is 0 Å². The lowest BCUT2D eigenvalue weighted by molar-refractivity contribution is -0.137. The number of hydrogen-bond acceptors (Lipinski definition) is 5. The van der Waals surface area contributed by atoms with E-state index >= 15 is 0 Å². The molecule has 138 valence electrons. The van der Waals surface area contributed by atoms with E-state index in [1.807, 2.05) is 0 Å². The number of aromatic nitrogens is 2. The third-order valence-electron chi connectivity index (χ3n) is 3.90. The van der Waals surface area contributed by atoms with Gasteiger partial charge < -0.3 is 15.4 Å². The molecule has 1 fully saturated rings. The fourth-order valence-corrected chi connectivity index (χ4v) is 2.51. The molecule has 2 heterocycles. The van der Waals surface area contributed by atoms with Crippen LogP contribution in [0.15, 0.2) is 36.4 Å². The molecule has 1 aromatic heterocycles. The quantitative estimate of drug-likeness (QED) is 0.849. The minimum Gasteiger partial charge on any atom is -0.376 e. The van der Waals surface area contributed by atoms with Crippen LogP contribution in [0, 0.1) is 0 Å². The van der Waals surface area contributed by atoms with E-state index in [9.17, 15) is 18.0 Å². The Morgan fingerprint density at radius 3 is 2.50 bits per heavy atom. The van der Waals surface area contributed by atoms with Gasteiger partial charge in [0.1, 0.15) is 5.82 Å². The molecular weight excluding hydrogens is 349 g/mol. The van der Waals surface area contributed by atoms with Gasteiger partial charge in [-0.15, -0.1) is 10.2 Å². The smallest absolute Gasteiger partial charge is 0.376 e. The highest BCUT2D eigenvalue weighted by molar-refractivity contribution is 6.02. The normalized spacial score (nSPS) is 17.1. The summed E-state index contributed by atoms with van der Waals surface area (Å²) in [5.41, 5.74) is -0.477. The topological polar surface area (TPSA) is 76.1 Å². The highest BCUT2D eigenvalue weighted by Crippen LogP contribution is 2.29. The molecule has 2 aromatic rings. The second kappa shape index (κ2) is 7.69. The molecule has 6 nitrogen and oxygen atoms in total. The standard InChI is InChI=1S/C17H17F3N4O2/c18-17(19,20)11-3-5-12(6-4-11)22-16(25)14-7-8-15(24-23-14)21-10-13-2-1-9-26-13/h3-8,13H,1-2,9-10H2,(H,21,24)(H,22,25). The first kappa shape index (κ1) is 18.1. The van der Waals surface area contributed by atoms with Crippen molar-refractivity contribution in [3.05, 3.63) is 47.7 Å². The lowest BCUT2D eigenvalue weighted by atomic mass is 10.2. The summed E-state index contributed by atoms with van der Waals surface area (Å²) < 4.78 is 43.1. The van der Waals surface area contributed by atoms with Gasteiger partial charge in [-0.2, -0.15) is 13.2 Å². The van der Waals surface area contributed by atoms with Crippen LogP contribution in [0.4, 0.5) is 24.7 Å². The molecule has 0 aliphatic carbocycles. The largest absolute Gasteiger partial charge is 0.416 e. The van der Waals surface area contributed by atoms with Crippen LogP contribution in [0.5, 0.6) is 0 Å². The van der Waals surface area contributed by atoms with Gasteiger partial charge in [0.25, 0.3) is 5.91 Å². The molecule has 1 aliphatic heterocycles. The molecular formula is C17H17F3N4O2. The van der Waals surface area contributed by atoms with Crippen LogP contribution in [0.2, 0.25) is 0 Å². The summed E-state index contributed by atoms with van der Waals surface area (Å²) >= 11 is 0. The third-order valence-corrected chi connectivity index (χ3v) is 3.90. The summed E-state index contributed by atoms with van der Waals surface area (Å²) in [7, 11) is 0. The number of anilines is 2. The maximum absolute atomic E-state index is 12.5. The number of ether oxygens (including phenoxy) is 1. The van der Waals surface area contributed by atoms with Gasteiger partial charge in [0.05, 0.1) is 11.7 Å². The van der Waals surface area contributed by atoms with E-state index < -0.39 is 17.6 Å². The predicted octanol–water partition coefficient (Wildman–Crippen LogP) is 3.34. The van der Waals surface area contributed by atoms with Crippen molar-refractivity contribution in [1.82, 2.24) is 10.2 Å². The number of benzene rings is 1. The van der Waals surface area contributed by atoms with Crippen LogP contribution in [-0.4, -0.2) is 35.4 Å². The highest BCUT2D eigenvalue weighted by atomic mass is 19.4. The number of rotatable bonds is 5. The Balaban J connectivity index is 1.55. The average molecular weight is 366 g/mol. The zero-order valence-corrected chi connectivity index (χ0v) is 13.7. The van der Waals surface area contributed by atoms with Gasteiger partial charge >= 0.3 is 6.18 Å². The van der Waals surface area contributed by atoms with Crippen molar-refractivity contribution < 1.29 is 22.7 Å². The number of alkyl halides is 3. The second-order valence-electron chi connectivity index (χ2n) is 5.85. The Bertz CT molecular complexity index is 742. The molecule has 0 bridgehead atoms. The summed E-state index contributed by atoms with van der Waals surface area (Å²) in [6.07, 6.45) is -2.23. The van der Waals surface area contributed by atoms with E-state index in [4.69, 9.17) is 4.74 Å². The van der Waals surface area contributed by atoms with Crippen molar-refractivity contribution >= 4 is 17.4 Å². The van der Waals surface area contributed by atoms with E-state index in [1.54, 1.807) is 6.07 Å². The molecule has 3 rings (SSSR count). The Morgan fingerprint density at radius 2 is 1.92 bits per heavy atom. The van der Waals surface area contributed by atoms with Crippen molar-refractivity contribution in [2.24, 2.45) is 0 Å². The number of carbonyl (C=O) groups excluding carboxylic acids is 1. The maximum Gasteiger partial charge on any atom is 0.416 e. The second-order valence-corrected chi connectivity index (χ2v) is 5.85. The number of nitrogens with one attached hydrogen (secondary N) is 2. The molecule has 1 atom stereocenters. The van der Waals surface area contributed by atoms with Gasteiger partial charge in [-0.3, -0.25) is 4.79 Å². The highest BCUT2D eigenvalue weighted by Gasteiger charge is 2.30. The molecule has 0 spiro atoms. The minimum absolute atomic E-state index is 0.0626. The van der Waals surface area contributed by atoms with Crippen molar-refractivity contribution in [1.29, 1.82) is 0 Å². The summed E-state index contributed by atoms with van der Waals surface area (Å²) in [5.74, 6) is -0.0329. The number of nitrogens with zero attached hydrogens (tertiary/aromatic N) is 2. The van der Waals surface area contributed by atoms with Gasteiger partial charge in [0.15, 0.2) is 5.69 Å². The molecule has 0 radical (unpaired) electrons. The van der Waals surface area contributed by atoms with E-state index in [1.165, 1.54) is 18.2 Å². The first-order valence-corrected chi connectivity index (χ1v) is 8.09. The van der Waals surface area contributed by atoms with Crippen LogP contribution < -0.4 is 10.6 Å². The molecule has 1 unspecified atom stereocenters. The van der Waals surface area contributed by atoms with E-state index in [0.29, 0.717) is 12.4 Å². The Hall–Kier alpha value is -2.68. The Labute approximate surface area is 147 Å². The molecule has 26 heavy (non-hydrogen) atoms. The van der Waals surface area contributed by atoms with E-state index in [0.717, 1.165) is 31.6 Å². The fourth-order valence-electron chi connectivity index (χ4n) is 2.51. The number of halogens is 3. The van der Waals surface area contributed by atoms with Crippen LogP contribution in [-0.2, 0) is 10.9 Å². The average Bonchev–Trinajstić information content (AvgIpc) is 3.13. The van der Waals surface area contributed by atoms with E-state index in [-0.39, 0.29) is 17.5 Å². The summed E-state index contributed by atoms with van der Waals surface area (Å²) in [6.45, 7) is 1.38. The van der Waals surface area contributed by atoms with Crippen molar-refractivity contribution in [3.63, 3.8) is 0 Å². The van der Waals surface area contributed by atoms with Crippen LogP contribution in [0.3, 0.4) is 0 Å². The zero-order chi connectivity index (χ0) is 18.6. The SMILES string of the molecule is O=C(Nc1ccc(C(F)(F)F)cc1)c1ccc(NCC2CCCO2)nn1. The van der Waals surface area contributed by atoms with Crippen LogP contribution in [0.25, 0.3) is 0 Å². The molecule has 1 amide bonds. The van der Waals surface area contributed by atoms with Crippen LogP contribution in [0.1, 0.15) is 28.9 Å². The molecule has 9 heteroatoms. The summed E-state index contributed by atoms with van der Waals surface area (Å²) in [6, 6.07) is 7.28. The third kappa shape index (κ3) is 4.69. The lowest BCUT2D eigenvalue weighted by Crippen LogP contribution is -2.20. The fraction of sp³-hybridized carbons (Fsp3) is 0.353. The minimum atomic E-state index is -4.42. The Kier molecular flexibility index (Phi) is 5.36. The van der Waals surface area contributed by atoms with Crippen molar-refractivity contribution in [2.75, 3.05) is 23.8 Å². The van der Waals surface area contributed by atoms with E-state index in [2.05, 4.69) is 20.8 Å². The van der Waals surface area contributed by atoms with Gasteiger partial charge in [-0.25, -0.2) is 0 Å². The lowest BCUT2D eigenvalue weighted by Gasteiger charge is -2.11. The first-order valence-electron chi connectivity index (χ1n) is 8.09. The number of hydrogen-bond donors (Lipinski definition) is 2. The molecule has 1 saturated heterocycles. The molecule has 2 N–H and O–H groups in total.